The molecule has 4 nitrogen and oxygen atoms in total. The maximum atomic E-state index is 10.1. The first-order chi connectivity index (χ1) is 12.7. The largest absolute Gasteiger partial charge is 0.508 e. The average Bonchev–Trinajstić information content (AvgIpc) is 3.13. The van der Waals surface area contributed by atoms with E-state index >= 15 is 0 Å². The molecule has 2 aliphatic rings. The molecular formula is C22H23NO3. The Labute approximate surface area is 152 Å². The van der Waals surface area contributed by atoms with Gasteiger partial charge in [0.15, 0.2) is 11.5 Å². The van der Waals surface area contributed by atoms with Gasteiger partial charge < -0.3 is 14.6 Å². The Balaban J connectivity index is 1.89. The second-order valence-corrected chi connectivity index (χ2v) is 7.41. The van der Waals surface area contributed by atoms with Crippen LogP contribution in [0.2, 0.25) is 0 Å². The first kappa shape index (κ1) is 15.8. The lowest BCUT2D eigenvalue weighted by Gasteiger charge is -2.33. The lowest BCUT2D eigenvalue weighted by Crippen LogP contribution is -2.35. The molecule has 1 saturated heterocycles. The molecule has 0 unspecified atom stereocenters. The molecule has 2 heterocycles. The number of ether oxygens (including phenoxy) is 2. The maximum absolute atomic E-state index is 10.1. The van der Waals surface area contributed by atoms with Gasteiger partial charge in [0.25, 0.3) is 0 Å². The van der Waals surface area contributed by atoms with Crippen molar-refractivity contribution in [1.82, 2.24) is 4.90 Å². The third-order valence-corrected chi connectivity index (χ3v) is 6.13. The van der Waals surface area contributed by atoms with E-state index in [2.05, 4.69) is 17.0 Å². The number of phenolic OH excluding ortho intramolecular Hbond substituents is 1. The molecule has 3 aromatic carbocycles. The van der Waals surface area contributed by atoms with E-state index in [0.29, 0.717) is 11.8 Å². The summed E-state index contributed by atoms with van der Waals surface area (Å²) >= 11 is 0. The Kier molecular flexibility index (Phi) is 3.50. The first-order valence-corrected chi connectivity index (χ1v) is 9.26. The highest BCUT2D eigenvalue weighted by atomic mass is 16.5. The van der Waals surface area contributed by atoms with E-state index in [0.717, 1.165) is 35.2 Å². The second-order valence-electron chi connectivity index (χ2n) is 7.41. The molecule has 1 N–H and O–H groups in total. The van der Waals surface area contributed by atoms with Crippen molar-refractivity contribution in [1.29, 1.82) is 0 Å². The predicted octanol–water partition coefficient (Wildman–Crippen LogP) is 4.24. The standard InChI is InChI=1S/C22H23NO3/c1-25-21-10-18-17-9-14(24)5-6-15(17)16-8-13-4-3-7-23(13)12-20(16)19(18)11-22(21)26-2/h5-6,9-11,13,24H,3-4,7-8,12H2,1-2H3/t13-/m1/s1. The number of fused-ring (bicyclic) bond motifs is 7. The number of phenols is 1. The van der Waals surface area contributed by atoms with Gasteiger partial charge in [0.05, 0.1) is 14.2 Å². The minimum Gasteiger partial charge on any atom is -0.508 e. The first-order valence-electron chi connectivity index (χ1n) is 9.26. The molecule has 0 amide bonds. The third-order valence-electron chi connectivity index (χ3n) is 6.13. The van der Waals surface area contributed by atoms with Crippen LogP contribution in [0.25, 0.3) is 21.5 Å². The van der Waals surface area contributed by atoms with Gasteiger partial charge in [0, 0.05) is 12.6 Å². The molecule has 0 bridgehead atoms. The summed E-state index contributed by atoms with van der Waals surface area (Å²) in [5.41, 5.74) is 2.83. The lowest BCUT2D eigenvalue weighted by molar-refractivity contribution is 0.229. The van der Waals surface area contributed by atoms with Gasteiger partial charge in [-0.2, -0.15) is 0 Å². The van der Waals surface area contributed by atoms with Crippen molar-refractivity contribution in [3.63, 3.8) is 0 Å². The van der Waals surface area contributed by atoms with Crippen LogP contribution in [0.4, 0.5) is 0 Å². The summed E-state index contributed by atoms with van der Waals surface area (Å²) in [6.45, 7) is 2.18. The Morgan fingerprint density at radius 3 is 2.42 bits per heavy atom. The van der Waals surface area contributed by atoms with E-state index in [1.54, 1.807) is 20.3 Å². The van der Waals surface area contributed by atoms with Gasteiger partial charge in [-0.3, -0.25) is 4.90 Å². The number of nitrogens with zero attached hydrogens (tertiary/aromatic N) is 1. The molecule has 0 radical (unpaired) electrons. The third kappa shape index (κ3) is 2.18. The Bertz CT molecular complexity index is 1030. The van der Waals surface area contributed by atoms with Gasteiger partial charge in [-0.25, -0.2) is 0 Å². The highest BCUT2D eigenvalue weighted by Crippen LogP contribution is 2.44. The van der Waals surface area contributed by atoms with E-state index in [-0.39, 0.29) is 0 Å². The second kappa shape index (κ2) is 5.78. The molecule has 1 fully saturated rings. The molecular weight excluding hydrogens is 326 g/mol. The average molecular weight is 349 g/mol. The fraction of sp³-hybridized carbons (Fsp3) is 0.364. The molecule has 4 heteroatoms. The van der Waals surface area contributed by atoms with Crippen molar-refractivity contribution in [3.05, 3.63) is 41.5 Å². The van der Waals surface area contributed by atoms with Crippen molar-refractivity contribution in [2.45, 2.75) is 31.8 Å². The van der Waals surface area contributed by atoms with Gasteiger partial charge in [0.1, 0.15) is 5.75 Å². The van der Waals surface area contributed by atoms with Crippen LogP contribution in [0.5, 0.6) is 17.2 Å². The van der Waals surface area contributed by atoms with E-state index in [4.69, 9.17) is 9.47 Å². The van der Waals surface area contributed by atoms with Gasteiger partial charge in [-0.15, -0.1) is 0 Å². The molecule has 0 aromatic heterocycles. The molecule has 3 aromatic rings. The topological polar surface area (TPSA) is 41.9 Å². The Morgan fingerprint density at radius 2 is 1.65 bits per heavy atom. The van der Waals surface area contributed by atoms with Crippen LogP contribution < -0.4 is 9.47 Å². The number of methoxy groups -OCH3 is 2. The summed E-state index contributed by atoms with van der Waals surface area (Å²) in [6.07, 6.45) is 3.65. The van der Waals surface area contributed by atoms with Crippen molar-refractivity contribution < 1.29 is 14.6 Å². The molecule has 0 spiro atoms. The summed E-state index contributed by atoms with van der Waals surface area (Å²) in [7, 11) is 3.34. The van der Waals surface area contributed by atoms with E-state index in [1.807, 2.05) is 12.1 Å². The zero-order chi connectivity index (χ0) is 17.8. The lowest BCUT2D eigenvalue weighted by atomic mass is 9.85. The van der Waals surface area contributed by atoms with Crippen molar-refractivity contribution >= 4 is 21.5 Å². The normalized spacial score (nSPS) is 19.5. The van der Waals surface area contributed by atoms with Gasteiger partial charge >= 0.3 is 0 Å². The van der Waals surface area contributed by atoms with Gasteiger partial charge in [-0.05, 0) is 82.7 Å². The Morgan fingerprint density at radius 1 is 0.923 bits per heavy atom. The molecule has 2 aliphatic heterocycles. The van der Waals surface area contributed by atoms with Crippen molar-refractivity contribution in [3.8, 4) is 17.2 Å². The van der Waals surface area contributed by atoms with Crippen LogP contribution in [-0.2, 0) is 13.0 Å². The molecule has 0 aliphatic carbocycles. The van der Waals surface area contributed by atoms with Crippen molar-refractivity contribution in [2.75, 3.05) is 20.8 Å². The predicted molar refractivity (Wildman–Crippen MR) is 103 cm³/mol. The number of aromatic hydroxyl groups is 1. The van der Waals surface area contributed by atoms with Crippen LogP contribution in [-0.4, -0.2) is 36.8 Å². The van der Waals surface area contributed by atoms with Crippen LogP contribution in [0.15, 0.2) is 30.3 Å². The zero-order valence-electron chi connectivity index (χ0n) is 15.2. The zero-order valence-corrected chi connectivity index (χ0v) is 15.2. The van der Waals surface area contributed by atoms with Crippen LogP contribution in [0.3, 0.4) is 0 Å². The molecule has 26 heavy (non-hydrogen) atoms. The summed E-state index contributed by atoms with van der Waals surface area (Å²) < 4.78 is 11.1. The summed E-state index contributed by atoms with van der Waals surface area (Å²) in [5, 5.41) is 14.8. The van der Waals surface area contributed by atoms with E-state index < -0.39 is 0 Å². The van der Waals surface area contributed by atoms with Crippen LogP contribution in [0, 0.1) is 0 Å². The fourth-order valence-corrected chi connectivity index (χ4v) is 4.88. The summed E-state index contributed by atoms with van der Waals surface area (Å²) in [5.74, 6) is 1.77. The number of hydrogen-bond donors (Lipinski definition) is 1. The van der Waals surface area contributed by atoms with Gasteiger partial charge in [-0.1, -0.05) is 6.07 Å². The minimum atomic E-state index is 0.298. The SMILES string of the molecule is COc1cc2c3c(c4ccc(O)cc4c2cc1OC)C[C@H]1CCCN1C3. The molecule has 134 valence electrons. The van der Waals surface area contributed by atoms with Crippen LogP contribution in [0.1, 0.15) is 24.0 Å². The number of benzene rings is 3. The number of hydrogen-bond acceptors (Lipinski definition) is 4. The van der Waals surface area contributed by atoms with Crippen molar-refractivity contribution in [2.24, 2.45) is 0 Å². The monoisotopic (exact) mass is 349 g/mol. The summed E-state index contributed by atoms with van der Waals surface area (Å²) in [6, 6.07) is 10.6. The van der Waals surface area contributed by atoms with E-state index in [1.165, 1.54) is 41.3 Å². The Hall–Kier alpha value is -2.46. The van der Waals surface area contributed by atoms with E-state index in [9.17, 15) is 5.11 Å². The quantitative estimate of drug-likeness (QED) is 0.703. The smallest absolute Gasteiger partial charge is 0.161 e. The highest BCUT2D eigenvalue weighted by molar-refractivity contribution is 6.12. The number of rotatable bonds is 2. The molecule has 5 rings (SSSR count). The summed E-state index contributed by atoms with van der Waals surface area (Å²) in [4.78, 5) is 2.62. The van der Waals surface area contributed by atoms with Gasteiger partial charge in [0.2, 0.25) is 0 Å². The maximum Gasteiger partial charge on any atom is 0.161 e. The molecule has 1 atom stereocenters. The fourth-order valence-electron chi connectivity index (χ4n) is 4.88. The minimum absolute atomic E-state index is 0.298. The van der Waals surface area contributed by atoms with Crippen LogP contribution >= 0.6 is 0 Å². The highest BCUT2D eigenvalue weighted by Gasteiger charge is 2.32. The molecule has 0 saturated carbocycles.